The van der Waals surface area contributed by atoms with Gasteiger partial charge in [0.25, 0.3) is 0 Å². The summed E-state index contributed by atoms with van der Waals surface area (Å²) in [4.78, 5) is 0. The van der Waals surface area contributed by atoms with Gasteiger partial charge in [-0.05, 0) is 31.0 Å². The molecular formula is C16H14N4. The molecule has 0 saturated heterocycles. The number of nitrogens with zero attached hydrogens (tertiary/aromatic N) is 4. The van der Waals surface area contributed by atoms with Crippen molar-refractivity contribution in [2.45, 2.75) is 19.8 Å². The lowest BCUT2D eigenvalue weighted by Crippen LogP contribution is -1.98. The van der Waals surface area contributed by atoms with Crippen LogP contribution in [0.2, 0.25) is 0 Å². The second-order valence-corrected chi connectivity index (χ2v) is 4.86. The minimum atomic E-state index is 0.620. The van der Waals surface area contributed by atoms with Gasteiger partial charge in [-0.25, -0.2) is 0 Å². The van der Waals surface area contributed by atoms with Gasteiger partial charge in [0.15, 0.2) is 5.65 Å². The molecule has 98 valence electrons. The number of aromatic nitrogens is 3. The van der Waals surface area contributed by atoms with E-state index >= 15 is 0 Å². The van der Waals surface area contributed by atoms with Gasteiger partial charge in [-0.1, -0.05) is 29.8 Å². The molecule has 3 rings (SSSR count). The van der Waals surface area contributed by atoms with Crippen molar-refractivity contribution in [3.05, 3.63) is 65.1 Å². The van der Waals surface area contributed by atoms with Crippen LogP contribution in [0, 0.1) is 18.3 Å². The number of nitriles is 1. The fourth-order valence-corrected chi connectivity index (χ4v) is 2.30. The maximum absolute atomic E-state index is 8.96. The first-order valence-electron chi connectivity index (χ1n) is 6.55. The Balaban J connectivity index is 1.86. The van der Waals surface area contributed by atoms with Crippen LogP contribution in [0.4, 0.5) is 0 Å². The molecule has 3 aromatic rings. The summed E-state index contributed by atoms with van der Waals surface area (Å²) in [6.45, 7) is 2.09. The molecule has 0 bridgehead atoms. The molecule has 2 aromatic heterocycles. The van der Waals surface area contributed by atoms with E-state index in [1.807, 2.05) is 10.5 Å². The van der Waals surface area contributed by atoms with Crippen LogP contribution in [0.1, 0.15) is 22.5 Å². The first kappa shape index (κ1) is 12.4. The van der Waals surface area contributed by atoms with Gasteiger partial charge in [0.1, 0.15) is 11.9 Å². The molecule has 1 aromatic carbocycles. The number of rotatable bonds is 3. The average Bonchev–Trinajstić information content (AvgIpc) is 2.87. The Kier molecular flexibility index (Phi) is 3.18. The third-order valence-corrected chi connectivity index (χ3v) is 3.32. The zero-order chi connectivity index (χ0) is 13.9. The Labute approximate surface area is 117 Å². The van der Waals surface area contributed by atoms with Crippen LogP contribution < -0.4 is 0 Å². The van der Waals surface area contributed by atoms with Crippen molar-refractivity contribution in [2.24, 2.45) is 0 Å². The first-order valence-corrected chi connectivity index (χ1v) is 6.55. The SMILES string of the molecule is Cc1cccc(CCc2nnc3ccc(C#N)cn23)c1. The maximum atomic E-state index is 8.96. The molecule has 20 heavy (non-hydrogen) atoms. The summed E-state index contributed by atoms with van der Waals surface area (Å²) < 4.78 is 1.90. The van der Waals surface area contributed by atoms with Gasteiger partial charge in [-0.15, -0.1) is 10.2 Å². The highest BCUT2D eigenvalue weighted by Gasteiger charge is 2.06. The van der Waals surface area contributed by atoms with Crippen LogP contribution in [-0.2, 0) is 12.8 Å². The highest BCUT2D eigenvalue weighted by atomic mass is 15.2. The van der Waals surface area contributed by atoms with E-state index in [2.05, 4.69) is 47.5 Å². The molecular weight excluding hydrogens is 248 g/mol. The fourth-order valence-electron chi connectivity index (χ4n) is 2.30. The lowest BCUT2D eigenvalue weighted by molar-refractivity contribution is 0.838. The quantitative estimate of drug-likeness (QED) is 0.729. The van der Waals surface area contributed by atoms with E-state index < -0.39 is 0 Å². The van der Waals surface area contributed by atoms with Crippen molar-refractivity contribution in [1.29, 1.82) is 5.26 Å². The highest BCUT2D eigenvalue weighted by molar-refractivity contribution is 5.42. The molecule has 0 aliphatic heterocycles. The summed E-state index contributed by atoms with van der Waals surface area (Å²) in [7, 11) is 0. The average molecular weight is 262 g/mol. The molecule has 0 N–H and O–H groups in total. The van der Waals surface area contributed by atoms with Crippen LogP contribution in [0.25, 0.3) is 5.65 Å². The van der Waals surface area contributed by atoms with Crippen LogP contribution >= 0.6 is 0 Å². The van der Waals surface area contributed by atoms with Crippen LogP contribution in [-0.4, -0.2) is 14.6 Å². The summed E-state index contributed by atoms with van der Waals surface area (Å²) in [5.41, 5.74) is 3.95. The van der Waals surface area contributed by atoms with Crippen molar-refractivity contribution in [2.75, 3.05) is 0 Å². The number of fused-ring (bicyclic) bond motifs is 1. The molecule has 4 heteroatoms. The summed E-state index contributed by atoms with van der Waals surface area (Å²) in [6.07, 6.45) is 3.51. The van der Waals surface area contributed by atoms with Crippen molar-refractivity contribution < 1.29 is 0 Å². The lowest BCUT2D eigenvalue weighted by atomic mass is 10.1. The van der Waals surface area contributed by atoms with Crippen molar-refractivity contribution >= 4 is 5.65 Å². The molecule has 0 amide bonds. The summed E-state index contributed by atoms with van der Waals surface area (Å²) >= 11 is 0. The first-order chi connectivity index (χ1) is 9.76. The van der Waals surface area contributed by atoms with E-state index in [-0.39, 0.29) is 0 Å². The number of aryl methyl sites for hydroxylation is 3. The predicted molar refractivity (Wildman–Crippen MR) is 76.3 cm³/mol. The summed E-state index contributed by atoms with van der Waals surface area (Å²) in [6, 6.07) is 14.2. The van der Waals surface area contributed by atoms with E-state index in [0.29, 0.717) is 5.56 Å². The topological polar surface area (TPSA) is 54.0 Å². The Morgan fingerprint density at radius 2 is 2.05 bits per heavy atom. The number of pyridine rings is 1. The lowest BCUT2D eigenvalue weighted by Gasteiger charge is -2.02. The van der Waals surface area contributed by atoms with Gasteiger partial charge in [-0.3, -0.25) is 4.40 Å². The second-order valence-electron chi connectivity index (χ2n) is 4.86. The molecule has 0 aliphatic carbocycles. The summed E-state index contributed by atoms with van der Waals surface area (Å²) in [5.74, 6) is 0.888. The Morgan fingerprint density at radius 1 is 1.15 bits per heavy atom. The van der Waals surface area contributed by atoms with E-state index in [9.17, 15) is 0 Å². The molecule has 0 aliphatic rings. The Morgan fingerprint density at radius 3 is 2.85 bits per heavy atom. The zero-order valence-electron chi connectivity index (χ0n) is 11.2. The molecule has 0 saturated carbocycles. The highest BCUT2D eigenvalue weighted by Crippen LogP contribution is 2.11. The van der Waals surface area contributed by atoms with Gasteiger partial charge in [0, 0.05) is 12.6 Å². The largest absolute Gasteiger partial charge is 0.285 e. The Bertz CT molecular complexity index is 796. The molecule has 0 radical (unpaired) electrons. The smallest absolute Gasteiger partial charge is 0.160 e. The van der Waals surface area contributed by atoms with Gasteiger partial charge in [0.05, 0.1) is 5.56 Å². The Hall–Kier alpha value is -2.67. The minimum absolute atomic E-state index is 0.620. The van der Waals surface area contributed by atoms with Gasteiger partial charge >= 0.3 is 0 Å². The predicted octanol–water partition coefficient (Wildman–Crippen LogP) is 2.69. The van der Waals surface area contributed by atoms with Gasteiger partial charge in [0.2, 0.25) is 0 Å². The number of hydrogen-bond donors (Lipinski definition) is 0. The molecule has 4 nitrogen and oxygen atoms in total. The number of hydrogen-bond acceptors (Lipinski definition) is 3. The van der Waals surface area contributed by atoms with Crippen molar-refractivity contribution in [1.82, 2.24) is 14.6 Å². The van der Waals surface area contributed by atoms with Crippen LogP contribution in [0.5, 0.6) is 0 Å². The standard InChI is InChI=1S/C16H14N4/c1-12-3-2-4-13(9-12)5-7-15-18-19-16-8-6-14(10-17)11-20(15)16/h2-4,6,8-9,11H,5,7H2,1H3. The van der Waals surface area contributed by atoms with Gasteiger partial charge < -0.3 is 0 Å². The monoisotopic (exact) mass is 262 g/mol. The zero-order valence-corrected chi connectivity index (χ0v) is 11.2. The summed E-state index contributed by atoms with van der Waals surface area (Å²) in [5, 5.41) is 17.3. The van der Waals surface area contributed by atoms with Crippen molar-refractivity contribution in [3.63, 3.8) is 0 Å². The third kappa shape index (κ3) is 2.39. The number of benzene rings is 1. The van der Waals surface area contributed by atoms with Crippen LogP contribution in [0.3, 0.4) is 0 Å². The molecule has 0 fully saturated rings. The maximum Gasteiger partial charge on any atom is 0.160 e. The third-order valence-electron chi connectivity index (χ3n) is 3.32. The van der Waals surface area contributed by atoms with Gasteiger partial charge in [-0.2, -0.15) is 5.26 Å². The second kappa shape index (κ2) is 5.14. The van der Waals surface area contributed by atoms with E-state index in [1.54, 1.807) is 12.3 Å². The van der Waals surface area contributed by atoms with E-state index in [0.717, 1.165) is 24.3 Å². The molecule has 2 heterocycles. The molecule has 0 unspecified atom stereocenters. The fraction of sp³-hybridized carbons (Fsp3) is 0.188. The molecule has 0 spiro atoms. The molecule has 0 atom stereocenters. The van der Waals surface area contributed by atoms with Crippen molar-refractivity contribution in [3.8, 4) is 6.07 Å². The normalized spacial score (nSPS) is 10.6. The van der Waals surface area contributed by atoms with E-state index in [4.69, 9.17) is 5.26 Å². The van der Waals surface area contributed by atoms with E-state index in [1.165, 1.54) is 11.1 Å². The van der Waals surface area contributed by atoms with Crippen LogP contribution in [0.15, 0.2) is 42.6 Å². The minimum Gasteiger partial charge on any atom is -0.285 e.